The van der Waals surface area contributed by atoms with E-state index in [0.717, 1.165) is 24.9 Å². The lowest BCUT2D eigenvalue weighted by molar-refractivity contribution is -0.118. The number of unbranched alkanes of at least 4 members (excludes halogenated alkanes) is 1. The van der Waals surface area contributed by atoms with Crippen molar-refractivity contribution in [2.75, 3.05) is 0 Å². The van der Waals surface area contributed by atoms with Crippen LogP contribution in [-0.2, 0) is 11.3 Å². The molecule has 1 amide bonds. The largest absolute Gasteiger partial charge is 0.478 e. The Balaban J connectivity index is 2.08. The fraction of sp³-hybridized carbons (Fsp3) is 0.308. The number of nitrogens with zero attached hydrogens (tertiary/aromatic N) is 2. The number of rotatable bonds is 6. The molecule has 1 aromatic carbocycles. The minimum absolute atomic E-state index is 0.228. The van der Waals surface area contributed by atoms with Crippen LogP contribution in [0.3, 0.4) is 0 Å². The van der Waals surface area contributed by atoms with Crippen LogP contribution in [0.4, 0.5) is 0 Å². The molecule has 0 unspecified atom stereocenters. The fourth-order valence-corrected chi connectivity index (χ4v) is 1.96. The Morgan fingerprint density at radius 2 is 2.11 bits per heavy atom. The smallest absolute Gasteiger partial charge is 0.335 e. The molecule has 0 radical (unpaired) electrons. The molecule has 100 valence electrons. The van der Waals surface area contributed by atoms with Gasteiger partial charge in [-0.15, -0.1) is 0 Å². The van der Waals surface area contributed by atoms with Crippen LogP contribution < -0.4 is 5.73 Å². The summed E-state index contributed by atoms with van der Waals surface area (Å²) in [6, 6.07) is 4.86. The van der Waals surface area contributed by atoms with E-state index in [1.807, 2.05) is 4.57 Å². The molecule has 3 N–H and O–H groups in total. The first-order valence-electron chi connectivity index (χ1n) is 6.04. The van der Waals surface area contributed by atoms with Crippen molar-refractivity contribution in [3.8, 4) is 0 Å². The number of hydrogen-bond donors (Lipinski definition) is 2. The molecule has 0 aliphatic carbocycles. The van der Waals surface area contributed by atoms with Gasteiger partial charge in [0.05, 0.1) is 22.9 Å². The normalized spacial score (nSPS) is 10.7. The number of hydrogen-bond acceptors (Lipinski definition) is 3. The van der Waals surface area contributed by atoms with Crippen molar-refractivity contribution in [1.82, 2.24) is 9.55 Å². The van der Waals surface area contributed by atoms with E-state index in [2.05, 4.69) is 4.98 Å². The van der Waals surface area contributed by atoms with Crippen molar-refractivity contribution in [3.63, 3.8) is 0 Å². The number of fused-ring (bicyclic) bond motifs is 1. The number of carboxylic acids is 1. The Kier molecular flexibility index (Phi) is 3.79. The van der Waals surface area contributed by atoms with Crippen LogP contribution in [-0.4, -0.2) is 26.5 Å². The molecule has 0 aliphatic rings. The summed E-state index contributed by atoms with van der Waals surface area (Å²) in [5.41, 5.74) is 6.86. The Bertz CT molecular complexity index is 619. The molecular weight excluding hydrogens is 246 g/mol. The molecular formula is C13H15N3O3. The van der Waals surface area contributed by atoms with Gasteiger partial charge in [0, 0.05) is 13.0 Å². The molecule has 0 aliphatic heterocycles. The van der Waals surface area contributed by atoms with Crippen LogP contribution in [0.25, 0.3) is 11.0 Å². The van der Waals surface area contributed by atoms with Gasteiger partial charge in [-0.25, -0.2) is 9.78 Å². The lowest BCUT2D eigenvalue weighted by Gasteiger charge is -2.03. The number of imidazole rings is 1. The van der Waals surface area contributed by atoms with E-state index in [9.17, 15) is 9.59 Å². The number of aromatic nitrogens is 2. The number of amides is 1. The van der Waals surface area contributed by atoms with Gasteiger partial charge in [0.2, 0.25) is 5.91 Å². The zero-order valence-corrected chi connectivity index (χ0v) is 10.4. The molecule has 2 rings (SSSR count). The maximum absolute atomic E-state index is 10.8. The second-order valence-corrected chi connectivity index (χ2v) is 4.37. The first-order valence-corrected chi connectivity index (χ1v) is 6.04. The number of benzene rings is 1. The van der Waals surface area contributed by atoms with Crippen LogP contribution >= 0.6 is 0 Å². The van der Waals surface area contributed by atoms with E-state index >= 15 is 0 Å². The number of carbonyl (C=O) groups is 2. The average molecular weight is 261 g/mol. The zero-order valence-electron chi connectivity index (χ0n) is 10.4. The maximum Gasteiger partial charge on any atom is 0.335 e. The van der Waals surface area contributed by atoms with E-state index in [1.165, 1.54) is 0 Å². The Morgan fingerprint density at radius 3 is 2.79 bits per heavy atom. The summed E-state index contributed by atoms with van der Waals surface area (Å²) in [6.45, 7) is 0.732. The summed E-state index contributed by atoms with van der Waals surface area (Å²) < 4.78 is 1.95. The third-order valence-corrected chi connectivity index (χ3v) is 2.94. The molecule has 0 spiro atoms. The maximum atomic E-state index is 10.8. The van der Waals surface area contributed by atoms with Gasteiger partial charge in [0.1, 0.15) is 0 Å². The predicted octanol–water partition coefficient (Wildman–Crippen LogP) is 1.39. The molecule has 1 aromatic heterocycles. The molecule has 0 bridgehead atoms. The summed E-state index contributed by atoms with van der Waals surface area (Å²) in [5.74, 6) is -1.25. The van der Waals surface area contributed by atoms with Crippen LogP contribution in [0.1, 0.15) is 29.6 Å². The predicted molar refractivity (Wildman–Crippen MR) is 69.7 cm³/mol. The molecule has 6 heteroatoms. The van der Waals surface area contributed by atoms with Gasteiger partial charge in [0.25, 0.3) is 0 Å². The standard InChI is InChI=1S/C13H15N3O3/c14-12(17)3-1-2-6-16-8-15-10-7-9(13(18)19)4-5-11(10)16/h4-5,7-8H,1-3,6H2,(H2,14,17)(H,18,19). The number of aryl methyl sites for hydroxylation is 1. The molecule has 1 heterocycles. The third-order valence-electron chi connectivity index (χ3n) is 2.94. The van der Waals surface area contributed by atoms with Crippen LogP contribution in [0.5, 0.6) is 0 Å². The van der Waals surface area contributed by atoms with Crippen molar-refractivity contribution >= 4 is 22.9 Å². The van der Waals surface area contributed by atoms with E-state index < -0.39 is 5.97 Å². The minimum atomic E-state index is -0.960. The molecule has 0 saturated carbocycles. The second kappa shape index (κ2) is 5.51. The van der Waals surface area contributed by atoms with Gasteiger partial charge in [-0.05, 0) is 31.0 Å². The summed E-state index contributed by atoms with van der Waals surface area (Å²) in [7, 11) is 0. The molecule has 19 heavy (non-hydrogen) atoms. The topological polar surface area (TPSA) is 98.2 Å². The summed E-state index contributed by atoms with van der Waals surface area (Å²) >= 11 is 0. The van der Waals surface area contributed by atoms with Gasteiger partial charge < -0.3 is 15.4 Å². The van der Waals surface area contributed by atoms with Gasteiger partial charge in [-0.1, -0.05) is 0 Å². The first-order chi connectivity index (χ1) is 9.08. The number of carboxylic acid groups (broad SMARTS) is 1. The average Bonchev–Trinajstić information content (AvgIpc) is 2.76. The van der Waals surface area contributed by atoms with Crippen LogP contribution in [0, 0.1) is 0 Å². The Morgan fingerprint density at radius 1 is 1.32 bits per heavy atom. The third kappa shape index (κ3) is 3.09. The van der Waals surface area contributed by atoms with E-state index in [-0.39, 0.29) is 11.5 Å². The van der Waals surface area contributed by atoms with Crippen LogP contribution in [0.2, 0.25) is 0 Å². The molecule has 0 saturated heterocycles. The first kappa shape index (κ1) is 13.1. The van der Waals surface area contributed by atoms with Crippen molar-refractivity contribution in [1.29, 1.82) is 0 Å². The molecule has 0 atom stereocenters. The molecule has 2 aromatic rings. The van der Waals surface area contributed by atoms with Gasteiger partial charge in [-0.3, -0.25) is 4.79 Å². The van der Waals surface area contributed by atoms with Crippen molar-refractivity contribution in [3.05, 3.63) is 30.1 Å². The van der Waals surface area contributed by atoms with Gasteiger partial charge >= 0.3 is 5.97 Å². The quantitative estimate of drug-likeness (QED) is 0.767. The highest BCUT2D eigenvalue weighted by Gasteiger charge is 2.07. The van der Waals surface area contributed by atoms with Crippen molar-refractivity contribution in [2.45, 2.75) is 25.8 Å². The number of nitrogens with two attached hydrogens (primary N) is 1. The van der Waals surface area contributed by atoms with E-state index in [4.69, 9.17) is 10.8 Å². The van der Waals surface area contributed by atoms with Crippen LogP contribution in [0.15, 0.2) is 24.5 Å². The minimum Gasteiger partial charge on any atom is -0.478 e. The molecule has 0 fully saturated rings. The lowest BCUT2D eigenvalue weighted by atomic mass is 10.2. The van der Waals surface area contributed by atoms with E-state index in [1.54, 1.807) is 24.5 Å². The zero-order chi connectivity index (χ0) is 13.8. The SMILES string of the molecule is NC(=O)CCCCn1cnc2cc(C(=O)O)ccc21. The Hall–Kier alpha value is -2.37. The van der Waals surface area contributed by atoms with Crippen molar-refractivity contribution in [2.24, 2.45) is 5.73 Å². The highest BCUT2D eigenvalue weighted by molar-refractivity contribution is 5.92. The van der Waals surface area contributed by atoms with E-state index in [0.29, 0.717) is 11.9 Å². The summed E-state index contributed by atoms with van der Waals surface area (Å²) in [4.78, 5) is 25.7. The number of aromatic carboxylic acids is 1. The van der Waals surface area contributed by atoms with Gasteiger partial charge in [-0.2, -0.15) is 0 Å². The summed E-state index contributed by atoms with van der Waals surface area (Å²) in [6.07, 6.45) is 3.63. The van der Waals surface area contributed by atoms with Crippen molar-refractivity contribution < 1.29 is 14.7 Å². The Labute approximate surface area is 109 Å². The fourth-order valence-electron chi connectivity index (χ4n) is 1.96. The second-order valence-electron chi connectivity index (χ2n) is 4.37. The highest BCUT2D eigenvalue weighted by Crippen LogP contribution is 2.16. The number of carbonyl (C=O) groups excluding carboxylic acids is 1. The monoisotopic (exact) mass is 261 g/mol. The molecule has 6 nitrogen and oxygen atoms in total. The highest BCUT2D eigenvalue weighted by atomic mass is 16.4. The van der Waals surface area contributed by atoms with Gasteiger partial charge in [0.15, 0.2) is 0 Å². The number of primary amides is 1. The lowest BCUT2D eigenvalue weighted by Crippen LogP contribution is -2.10. The summed E-state index contributed by atoms with van der Waals surface area (Å²) in [5, 5.41) is 8.90.